The minimum atomic E-state index is -2.53. The van der Waals surface area contributed by atoms with E-state index >= 15 is 0 Å². The van der Waals surface area contributed by atoms with Gasteiger partial charge in [0.1, 0.15) is 0 Å². The van der Waals surface area contributed by atoms with E-state index in [4.69, 9.17) is 0 Å². The van der Waals surface area contributed by atoms with Crippen LogP contribution in [0.25, 0.3) is 0 Å². The molecule has 1 nitrogen and oxygen atoms in total. The summed E-state index contributed by atoms with van der Waals surface area (Å²) in [4.78, 5) is 0. The molecule has 1 aromatic rings. The third kappa shape index (κ3) is 2.54. The maximum atomic E-state index is 12.1. The van der Waals surface area contributed by atoms with Crippen LogP contribution in [-0.2, 0) is 0 Å². The molecule has 0 amide bonds. The van der Waals surface area contributed by atoms with Gasteiger partial charge in [0, 0.05) is 5.69 Å². The predicted molar refractivity (Wildman–Crippen MR) is 49.9 cm³/mol. The van der Waals surface area contributed by atoms with Gasteiger partial charge in [-0.05, 0) is 18.6 Å². The van der Waals surface area contributed by atoms with Gasteiger partial charge in [-0.3, -0.25) is 0 Å². The second-order valence-corrected chi connectivity index (χ2v) is 2.77. The molecule has 0 bridgehead atoms. The van der Waals surface area contributed by atoms with Gasteiger partial charge < -0.3 is 5.32 Å². The fourth-order valence-electron chi connectivity index (χ4n) is 0.941. The number of para-hydroxylation sites is 1. The Labute approximate surface area is 76.1 Å². The zero-order valence-electron chi connectivity index (χ0n) is 7.35. The number of benzene rings is 1. The van der Waals surface area contributed by atoms with Gasteiger partial charge in [-0.2, -0.15) is 0 Å². The summed E-state index contributed by atoms with van der Waals surface area (Å²) in [6.45, 7) is 5.08. The molecule has 0 saturated carbocycles. The number of alkyl halides is 2. The first kappa shape index (κ1) is 9.71. The molecular formula is C10H11F2N. The Morgan fingerprint density at radius 1 is 1.38 bits per heavy atom. The van der Waals surface area contributed by atoms with Crippen molar-refractivity contribution in [2.24, 2.45) is 0 Å². The number of aryl methyl sites for hydroxylation is 1. The summed E-state index contributed by atoms with van der Waals surface area (Å²) in [6.07, 6.45) is -2.53. The molecule has 0 radical (unpaired) electrons. The first-order valence-corrected chi connectivity index (χ1v) is 3.91. The smallest absolute Gasteiger partial charge is 0.277 e. The van der Waals surface area contributed by atoms with Crippen molar-refractivity contribution in [2.45, 2.75) is 13.3 Å². The highest BCUT2D eigenvalue weighted by atomic mass is 19.3. The van der Waals surface area contributed by atoms with Crippen molar-refractivity contribution in [3.8, 4) is 0 Å². The van der Waals surface area contributed by atoms with Crippen molar-refractivity contribution in [1.82, 2.24) is 0 Å². The molecule has 0 fully saturated rings. The molecule has 0 saturated heterocycles. The Morgan fingerprint density at radius 3 is 2.54 bits per heavy atom. The van der Waals surface area contributed by atoms with Crippen LogP contribution in [-0.4, -0.2) is 6.43 Å². The van der Waals surface area contributed by atoms with Crippen LogP contribution >= 0.6 is 0 Å². The molecule has 0 aliphatic heterocycles. The molecule has 1 N–H and O–H groups in total. The van der Waals surface area contributed by atoms with Gasteiger partial charge in [0.25, 0.3) is 6.43 Å². The minimum absolute atomic E-state index is 0.269. The first-order chi connectivity index (χ1) is 6.11. The fourth-order valence-corrected chi connectivity index (χ4v) is 0.941. The Morgan fingerprint density at radius 2 is 2.00 bits per heavy atom. The number of anilines is 1. The molecule has 13 heavy (non-hydrogen) atoms. The topological polar surface area (TPSA) is 12.0 Å². The van der Waals surface area contributed by atoms with Crippen LogP contribution in [0.5, 0.6) is 0 Å². The van der Waals surface area contributed by atoms with E-state index in [1.165, 1.54) is 0 Å². The number of nitrogens with one attached hydrogen (secondary N) is 1. The van der Waals surface area contributed by atoms with Gasteiger partial charge in [0.05, 0.1) is 5.70 Å². The number of hydrogen-bond donors (Lipinski definition) is 1. The van der Waals surface area contributed by atoms with Gasteiger partial charge in [0.2, 0.25) is 0 Å². The second kappa shape index (κ2) is 4.03. The van der Waals surface area contributed by atoms with Crippen molar-refractivity contribution in [3.63, 3.8) is 0 Å². The van der Waals surface area contributed by atoms with E-state index in [1.807, 2.05) is 19.1 Å². The summed E-state index contributed by atoms with van der Waals surface area (Å²) >= 11 is 0. The number of allylic oxidation sites excluding steroid dienone is 1. The number of hydrogen-bond acceptors (Lipinski definition) is 1. The van der Waals surface area contributed by atoms with Crippen molar-refractivity contribution < 1.29 is 8.78 Å². The van der Waals surface area contributed by atoms with Crippen molar-refractivity contribution in [1.29, 1.82) is 0 Å². The highest BCUT2D eigenvalue weighted by Crippen LogP contribution is 2.17. The molecule has 0 aliphatic rings. The van der Waals surface area contributed by atoms with E-state index in [1.54, 1.807) is 12.1 Å². The van der Waals surface area contributed by atoms with Crippen molar-refractivity contribution >= 4 is 5.69 Å². The van der Waals surface area contributed by atoms with Gasteiger partial charge in [0.15, 0.2) is 0 Å². The lowest BCUT2D eigenvalue weighted by Gasteiger charge is -2.10. The summed E-state index contributed by atoms with van der Waals surface area (Å²) in [7, 11) is 0. The monoisotopic (exact) mass is 183 g/mol. The third-order valence-electron chi connectivity index (χ3n) is 1.70. The first-order valence-electron chi connectivity index (χ1n) is 3.91. The molecule has 0 unspecified atom stereocenters. The minimum Gasteiger partial charge on any atom is -0.355 e. The predicted octanol–water partition coefficient (Wildman–Crippen LogP) is 3.19. The van der Waals surface area contributed by atoms with Crippen LogP contribution in [0.15, 0.2) is 36.5 Å². The molecule has 0 aliphatic carbocycles. The van der Waals surface area contributed by atoms with Crippen molar-refractivity contribution in [3.05, 3.63) is 42.1 Å². The zero-order valence-corrected chi connectivity index (χ0v) is 7.35. The number of rotatable bonds is 3. The summed E-state index contributed by atoms with van der Waals surface area (Å²) in [5, 5.41) is 2.57. The standard InChI is InChI=1S/C10H11F2N/c1-7-5-3-4-6-9(7)13-8(2)10(11)12/h3-6,10,13H,2H2,1H3. The average Bonchev–Trinajstić information content (AvgIpc) is 2.08. The number of halogens is 2. The average molecular weight is 183 g/mol. The van der Waals surface area contributed by atoms with E-state index < -0.39 is 6.43 Å². The largest absolute Gasteiger partial charge is 0.355 e. The zero-order chi connectivity index (χ0) is 9.84. The molecule has 0 atom stereocenters. The second-order valence-electron chi connectivity index (χ2n) is 2.77. The maximum absolute atomic E-state index is 12.1. The van der Waals surface area contributed by atoms with Gasteiger partial charge in [-0.1, -0.05) is 24.8 Å². The normalized spacial score (nSPS) is 10.2. The Kier molecular flexibility index (Phi) is 3.01. The van der Waals surface area contributed by atoms with E-state index in [9.17, 15) is 8.78 Å². The molecule has 0 heterocycles. The van der Waals surface area contributed by atoms with E-state index in [0.717, 1.165) is 5.56 Å². The van der Waals surface area contributed by atoms with Crippen LogP contribution in [0.2, 0.25) is 0 Å². The molecule has 3 heteroatoms. The molecule has 0 spiro atoms. The highest BCUT2D eigenvalue weighted by molar-refractivity contribution is 5.54. The van der Waals surface area contributed by atoms with E-state index in [0.29, 0.717) is 5.69 Å². The van der Waals surface area contributed by atoms with Gasteiger partial charge in [-0.15, -0.1) is 0 Å². The lowest BCUT2D eigenvalue weighted by atomic mass is 10.2. The van der Waals surface area contributed by atoms with Crippen LogP contribution in [0.1, 0.15) is 5.56 Å². The Bertz CT molecular complexity index is 308. The van der Waals surface area contributed by atoms with Crippen LogP contribution in [0.4, 0.5) is 14.5 Å². The fraction of sp³-hybridized carbons (Fsp3) is 0.200. The Balaban J connectivity index is 2.75. The molecule has 1 aromatic carbocycles. The maximum Gasteiger partial charge on any atom is 0.277 e. The van der Waals surface area contributed by atoms with Crippen LogP contribution < -0.4 is 5.32 Å². The summed E-state index contributed by atoms with van der Waals surface area (Å²) in [5.41, 5.74) is 1.33. The highest BCUT2D eigenvalue weighted by Gasteiger charge is 2.08. The summed E-state index contributed by atoms with van der Waals surface area (Å²) in [6, 6.07) is 7.23. The molecule has 70 valence electrons. The van der Waals surface area contributed by atoms with E-state index in [-0.39, 0.29) is 5.70 Å². The lowest BCUT2D eigenvalue weighted by Crippen LogP contribution is -2.07. The van der Waals surface area contributed by atoms with Crippen LogP contribution in [0.3, 0.4) is 0 Å². The van der Waals surface area contributed by atoms with Crippen molar-refractivity contribution in [2.75, 3.05) is 5.32 Å². The summed E-state index contributed by atoms with van der Waals surface area (Å²) in [5.74, 6) is 0. The van der Waals surface area contributed by atoms with Gasteiger partial charge in [-0.25, -0.2) is 8.78 Å². The van der Waals surface area contributed by atoms with Gasteiger partial charge >= 0.3 is 0 Å². The Hall–Kier alpha value is -1.38. The third-order valence-corrected chi connectivity index (χ3v) is 1.70. The lowest BCUT2D eigenvalue weighted by molar-refractivity contribution is 0.192. The van der Waals surface area contributed by atoms with Crippen LogP contribution in [0, 0.1) is 6.92 Å². The summed E-state index contributed by atoms with van der Waals surface area (Å²) < 4.78 is 24.2. The quantitative estimate of drug-likeness (QED) is 0.758. The SMILES string of the molecule is C=C(Nc1ccccc1C)C(F)F. The molecular weight excluding hydrogens is 172 g/mol. The molecule has 0 aromatic heterocycles. The molecule has 1 rings (SSSR count). The van der Waals surface area contributed by atoms with E-state index in [2.05, 4.69) is 11.9 Å².